The van der Waals surface area contributed by atoms with Gasteiger partial charge in [-0.15, -0.1) is 5.10 Å². The molecule has 124 valence electrons. The van der Waals surface area contributed by atoms with Crippen LogP contribution in [0.2, 0.25) is 0 Å². The number of aromatic nitrogens is 5. The van der Waals surface area contributed by atoms with Gasteiger partial charge < -0.3 is 4.90 Å². The molecule has 0 aliphatic carbocycles. The monoisotopic (exact) mass is 322 g/mol. The first-order valence-corrected chi connectivity index (χ1v) is 7.97. The van der Waals surface area contributed by atoms with Crippen molar-refractivity contribution in [3.8, 4) is 11.3 Å². The van der Waals surface area contributed by atoms with Crippen molar-refractivity contribution in [2.75, 3.05) is 14.1 Å². The zero-order valence-corrected chi connectivity index (χ0v) is 14.5. The van der Waals surface area contributed by atoms with E-state index in [0.29, 0.717) is 12.6 Å². The largest absolute Gasteiger partial charge is 0.303 e. The van der Waals surface area contributed by atoms with Crippen LogP contribution in [0.25, 0.3) is 11.3 Å². The molecule has 0 saturated carbocycles. The Morgan fingerprint density at radius 3 is 2.71 bits per heavy atom. The van der Waals surface area contributed by atoms with Crippen molar-refractivity contribution >= 4 is 0 Å². The molecule has 0 fully saturated rings. The first kappa shape index (κ1) is 16.3. The highest BCUT2D eigenvalue weighted by atomic mass is 15.4. The summed E-state index contributed by atoms with van der Waals surface area (Å²) in [5.41, 5.74) is 4.97. The second-order valence-electron chi connectivity index (χ2n) is 6.22. The lowest BCUT2D eigenvalue weighted by atomic mass is 10.0. The molecule has 3 rings (SSSR count). The molecule has 0 bridgehead atoms. The molecule has 0 N–H and O–H groups in total. The molecular weight excluding hydrogens is 300 g/mol. The summed E-state index contributed by atoms with van der Waals surface area (Å²) in [5.74, 6) is 0. The molecule has 6 nitrogen and oxygen atoms in total. The van der Waals surface area contributed by atoms with Crippen LogP contribution in [0.5, 0.6) is 0 Å². The average molecular weight is 322 g/mol. The van der Waals surface area contributed by atoms with E-state index in [9.17, 15) is 0 Å². The van der Waals surface area contributed by atoms with E-state index in [0.717, 1.165) is 22.6 Å². The predicted molar refractivity (Wildman–Crippen MR) is 93.4 cm³/mol. The standard InChI is InChI=1S/C18H22N6/c1-13-9-20-17(10-19-13)11-24-12-18(21-22-24)16-7-5-6-15(8-16)14(2)23(3)4/h5-10,12,14H,11H2,1-4H3/t14-/m1/s1. The maximum absolute atomic E-state index is 4.36. The molecule has 0 unspecified atom stereocenters. The SMILES string of the molecule is Cc1cnc(Cn2cc(-c3cccc([C@@H](C)N(C)C)c3)nn2)cn1. The molecule has 0 spiro atoms. The van der Waals surface area contributed by atoms with E-state index in [2.05, 4.69) is 70.5 Å². The van der Waals surface area contributed by atoms with E-state index in [4.69, 9.17) is 0 Å². The first-order valence-electron chi connectivity index (χ1n) is 7.97. The van der Waals surface area contributed by atoms with Gasteiger partial charge in [-0.1, -0.05) is 23.4 Å². The third kappa shape index (κ3) is 3.65. The van der Waals surface area contributed by atoms with Crippen LogP contribution in [0.3, 0.4) is 0 Å². The third-order valence-electron chi connectivity index (χ3n) is 4.14. The molecule has 0 amide bonds. The van der Waals surface area contributed by atoms with Crippen molar-refractivity contribution in [2.45, 2.75) is 26.4 Å². The van der Waals surface area contributed by atoms with Gasteiger partial charge in [-0.25, -0.2) is 4.68 Å². The van der Waals surface area contributed by atoms with Gasteiger partial charge in [0, 0.05) is 17.8 Å². The van der Waals surface area contributed by atoms with E-state index < -0.39 is 0 Å². The maximum Gasteiger partial charge on any atom is 0.113 e. The predicted octanol–water partition coefficient (Wildman–Crippen LogP) is 2.71. The number of rotatable bonds is 5. The summed E-state index contributed by atoms with van der Waals surface area (Å²) >= 11 is 0. The molecule has 0 aliphatic heterocycles. The molecule has 24 heavy (non-hydrogen) atoms. The molecule has 2 heterocycles. The highest BCUT2D eigenvalue weighted by Gasteiger charge is 2.10. The molecule has 0 saturated heterocycles. The lowest BCUT2D eigenvalue weighted by Crippen LogP contribution is -2.16. The molecule has 6 heteroatoms. The number of aryl methyl sites for hydroxylation is 1. The maximum atomic E-state index is 4.36. The second-order valence-corrected chi connectivity index (χ2v) is 6.22. The Balaban J connectivity index is 1.80. The fraction of sp³-hybridized carbons (Fsp3) is 0.333. The lowest BCUT2D eigenvalue weighted by molar-refractivity contribution is 0.321. The van der Waals surface area contributed by atoms with E-state index in [1.807, 2.05) is 13.1 Å². The second kappa shape index (κ2) is 6.88. The topological polar surface area (TPSA) is 59.7 Å². The van der Waals surface area contributed by atoms with Crippen molar-refractivity contribution in [3.63, 3.8) is 0 Å². The fourth-order valence-corrected chi connectivity index (χ4v) is 2.43. The van der Waals surface area contributed by atoms with Crippen molar-refractivity contribution in [2.24, 2.45) is 0 Å². The van der Waals surface area contributed by atoms with Gasteiger partial charge in [0.05, 0.1) is 30.3 Å². The summed E-state index contributed by atoms with van der Waals surface area (Å²) in [6.07, 6.45) is 5.48. The Labute approximate surface area is 142 Å². The smallest absolute Gasteiger partial charge is 0.113 e. The summed E-state index contributed by atoms with van der Waals surface area (Å²) in [4.78, 5) is 10.8. The van der Waals surface area contributed by atoms with Gasteiger partial charge in [0.25, 0.3) is 0 Å². The lowest BCUT2D eigenvalue weighted by Gasteiger charge is -2.20. The average Bonchev–Trinajstić information content (AvgIpc) is 3.05. The zero-order chi connectivity index (χ0) is 17.1. The molecular formula is C18H22N6. The Hall–Kier alpha value is -2.60. The number of hydrogen-bond donors (Lipinski definition) is 0. The van der Waals surface area contributed by atoms with Crippen LogP contribution < -0.4 is 0 Å². The van der Waals surface area contributed by atoms with Gasteiger partial charge in [-0.05, 0) is 39.6 Å². The highest BCUT2D eigenvalue weighted by Crippen LogP contribution is 2.23. The van der Waals surface area contributed by atoms with Crippen LogP contribution in [0.4, 0.5) is 0 Å². The summed E-state index contributed by atoms with van der Waals surface area (Å²) < 4.78 is 1.79. The van der Waals surface area contributed by atoms with Crippen molar-refractivity contribution in [1.29, 1.82) is 0 Å². The molecule has 3 aromatic rings. The highest BCUT2D eigenvalue weighted by molar-refractivity contribution is 5.58. The Kier molecular flexibility index (Phi) is 4.66. The van der Waals surface area contributed by atoms with Crippen LogP contribution in [0, 0.1) is 6.92 Å². The number of nitrogens with zero attached hydrogens (tertiary/aromatic N) is 6. The quantitative estimate of drug-likeness (QED) is 0.723. The normalized spacial score (nSPS) is 12.5. The number of benzene rings is 1. The molecule has 0 radical (unpaired) electrons. The van der Waals surface area contributed by atoms with Crippen LogP contribution in [0.15, 0.2) is 42.9 Å². The Morgan fingerprint density at radius 2 is 2.00 bits per heavy atom. The van der Waals surface area contributed by atoms with Crippen molar-refractivity contribution in [3.05, 3.63) is 59.8 Å². The summed E-state index contributed by atoms with van der Waals surface area (Å²) in [5, 5.41) is 8.51. The summed E-state index contributed by atoms with van der Waals surface area (Å²) in [6, 6.07) is 8.79. The molecule has 2 aromatic heterocycles. The minimum atomic E-state index is 0.350. The van der Waals surface area contributed by atoms with E-state index in [1.54, 1.807) is 17.1 Å². The van der Waals surface area contributed by atoms with Gasteiger partial charge >= 0.3 is 0 Å². The van der Waals surface area contributed by atoms with Gasteiger partial charge in [0.1, 0.15) is 5.69 Å². The minimum absolute atomic E-state index is 0.350. The van der Waals surface area contributed by atoms with Crippen molar-refractivity contribution < 1.29 is 0 Å². The zero-order valence-electron chi connectivity index (χ0n) is 14.5. The van der Waals surface area contributed by atoms with Gasteiger partial charge in [-0.3, -0.25) is 9.97 Å². The minimum Gasteiger partial charge on any atom is -0.303 e. The fourth-order valence-electron chi connectivity index (χ4n) is 2.43. The number of hydrogen-bond acceptors (Lipinski definition) is 5. The van der Waals surface area contributed by atoms with Gasteiger partial charge in [0.15, 0.2) is 0 Å². The molecule has 0 aliphatic rings. The van der Waals surface area contributed by atoms with E-state index in [-0.39, 0.29) is 0 Å². The van der Waals surface area contributed by atoms with E-state index in [1.165, 1.54) is 5.56 Å². The van der Waals surface area contributed by atoms with Crippen LogP contribution in [0.1, 0.15) is 29.9 Å². The summed E-state index contributed by atoms with van der Waals surface area (Å²) in [6.45, 7) is 4.67. The van der Waals surface area contributed by atoms with Crippen LogP contribution in [-0.2, 0) is 6.54 Å². The van der Waals surface area contributed by atoms with Crippen LogP contribution in [-0.4, -0.2) is 44.0 Å². The van der Waals surface area contributed by atoms with Crippen LogP contribution >= 0.6 is 0 Å². The molecule has 1 aromatic carbocycles. The summed E-state index contributed by atoms with van der Waals surface area (Å²) in [7, 11) is 4.16. The molecule has 1 atom stereocenters. The van der Waals surface area contributed by atoms with Gasteiger partial charge in [-0.2, -0.15) is 0 Å². The van der Waals surface area contributed by atoms with E-state index >= 15 is 0 Å². The Morgan fingerprint density at radius 1 is 1.17 bits per heavy atom. The first-order chi connectivity index (χ1) is 11.5. The van der Waals surface area contributed by atoms with Gasteiger partial charge in [0.2, 0.25) is 0 Å². The third-order valence-corrected chi connectivity index (χ3v) is 4.14. The Bertz CT molecular complexity index is 806. The van der Waals surface area contributed by atoms with Crippen molar-refractivity contribution in [1.82, 2.24) is 29.9 Å².